The van der Waals surface area contributed by atoms with Gasteiger partial charge in [0.1, 0.15) is 13.2 Å². The van der Waals surface area contributed by atoms with E-state index in [1.54, 1.807) is 0 Å². The fourth-order valence-electron chi connectivity index (χ4n) is 3.15. The number of nitrogens with one attached hydrogen (secondary N) is 1. The first-order valence-electron chi connectivity index (χ1n) is 8.64. The summed E-state index contributed by atoms with van der Waals surface area (Å²) >= 11 is 0. The zero-order chi connectivity index (χ0) is 16.8. The van der Waals surface area contributed by atoms with Crippen molar-refractivity contribution in [1.82, 2.24) is 10.2 Å². The van der Waals surface area contributed by atoms with Gasteiger partial charge < -0.3 is 24.4 Å². The molecule has 6 heteroatoms. The van der Waals surface area contributed by atoms with E-state index < -0.39 is 0 Å². The first-order chi connectivity index (χ1) is 11.8. The molecule has 3 rings (SSSR count). The molecule has 1 N–H and O–H groups in total. The normalized spacial score (nSPS) is 20.1. The Bertz CT molecular complexity index is 571. The molecule has 1 aromatic rings. The van der Waals surface area contributed by atoms with Gasteiger partial charge >= 0.3 is 0 Å². The minimum absolute atomic E-state index is 0.603. The van der Waals surface area contributed by atoms with Gasteiger partial charge in [0.2, 0.25) is 0 Å². The molecule has 0 bridgehead atoms. The van der Waals surface area contributed by atoms with Crippen LogP contribution < -0.4 is 14.8 Å². The van der Waals surface area contributed by atoms with Crippen LogP contribution in [0.3, 0.4) is 0 Å². The van der Waals surface area contributed by atoms with Gasteiger partial charge in [-0.05, 0) is 30.5 Å². The molecule has 0 saturated carbocycles. The van der Waals surface area contributed by atoms with Gasteiger partial charge in [0.05, 0.1) is 6.61 Å². The highest BCUT2D eigenvalue weighted by atomic mass is 16.6. The summed E-state index contributed by atoms with van der Waals surface area (Å²) in [7, 11) is 3.91. The maximum atomic E-state index is 5.64. The van der Waals surface area contributed by atoms with E-state index in [1.165, 1.54) is 5.56 Å². The SMILES string of the molecule is CN=C(NCCc1ccc2c(c1)OCCO2)N(C)CC1CCOC1. The molecule has 24 heavy (non-hydrogen) atoms. The number of hydrogen-bond acceptors (Lipinski definition) is 4. The molecule has 2 heterocycles. The number of aliphatic imine (C=N–C) groups is 1. The fraction of sp³-hybridized carbons (Fsp3) is 0.611. The maximum Gasteiger partial charge on any atom is 0.193 e. The third-order valence-electron chi connectivity index (χ3n) is 4.43. The topological polar surface area (TPSA) is 55.3 Å². The molecule has 6 nitrogen and oxygen atoms in total. The summed E-state index contributed by atoms with van der Waals surface area (Å²) in [5, 5.41) is 3.43. The molecule has 1 unspecified atom stereocenters. The van der Waals surface area contributed by atoms with Crippen LogP contribution in [0.2, 0.25) is 0 Å². The van der Waals surface area contributed by atoms with E-state index in [2.05, 4.69) is 34.4 Å². The van der Waals surface area contributed by atoms with Gasteiger partial charge in [-0.25, -0.2) is 0 Å². The average Bonchev–Trinajstić information content (AvgIpc) is 3.11. The summed E-state index contributed by atoms with van der Waals surface area (Å²) in [6, 6.07) is 6.15. The molecule has 1 fully saturated rings. The molecular weight excluding hydrogens is 306 g/mol. The first kappa shape index (κ1) is 16.9. The van der Waals surface area contributed by atoms with Crippen molar-refractivity contribution in [2.75, 3.05) is 53.6 Å². The first-order valence-corrected chi connectivity index (χ1v) is 8.64. The molecule has 2 aliphatic heterocycles. The minimum Gasteiger partial charge on any atom is -0.486 e. The lowest BCUT2D eigenvalue weighted by atomic mass is 10.1. The number of rotatable bonds is 5. The van der Waals surface area contributed by atoms with Crippen molar-refractivity contribution in [1.29, 1.82) is 0 Å². The summed E-state index contributed by atoms with van der Waals surface area (Å²) in [6.45, 7) is 4.80. The second-order valence-electron chi connectivity index (χ2n) is 6.31. The average molecular weight is 333 g/mol. The number of guanidine groups is 1. The van der Waals surface area contributed by atoms with Gasteiger partial charge in [0.15, 0.2) is 17.5 Å². The van der Waals surface area contributed by atoms with E-state index in [-0.39, 0.29) is 0 Å². The van der Waals surface area contributed by atoms with Crippen LogP contribution in [0.1, 0.15) is 12.0 Å². The number of fused-ring (bicyclic) bond motifs is 1. The van der Waals surface area contributed by atoms with Crippen molar-refractivity contribution in [3.8, 4) is 11.5 Å². The highest BCUT2D eigenvalue weighted by Gasteiger charge is 2.19. The Kier molecular flexibility index (Phi) is 5.80. The fourth-order valence-corrected chi connectivity index (χ4v) is 3.15. The summed E-state index contributed by atoms with van der Waals surface area (Å²) < 4.78 is 16.6. The van der Waals surface area contributed by atoms with Gasteiger partial charge in [0.25, 0.3) is 0 Å². The van der Waals surface area contributed by atoms with Crippen LogP contribution in [0.5, 0.6) is 11.5 Å². The number of benzene rings is 1. The van der Waals surface area contributed by atoms with Gasteiger partial charge in [-0.15, -0.1) is 0 Å². The Labute approximate surface area is 143 Å². The van der Waals surface area contributed by atoms with Gasteiger partial charge in [-0.1, -0.05) is 6.07 Å². The van der Waals surface area contributed by atoms with Crippen molar-refractivity contribution in [3.05, 3.63) is 23.8 Å². The summed E-state index contributed by atoms with van der Waals surface area (Å²) in [6.07, 6.45) is 2.05. The Morgan fingerprint density at radius 2 is 2.08 bits per heavy atom. The van der Waals surface area contributed by atoms with Gasteiger partial charge in [-0.3, -0.25) is 4.99 Å². The van der Waals surface area contributed by atoms with E-state index in [0.717, 1.165) is 56.6 Å². The molecule has 2 aliphatic rings. The van der Waals surface area contributed by atoms with Crippen LogP contribution in [0.25, 0.3) is 0 Å². The third-order valence-corrected chi connectivity index (χ3v) is 4.43. The molecular formula is C18H27N3O3. The highest BCUT2D eigenvalue weighted by Crippen LogP contribution is 2.30. The zero-order valence-corrected chi connectivity index (χ0v) is 14.6. The van der Waals surface area contributed by atoms with Crippen LogP contribution >= 0.6 is 0 Å². The second kappa shape index (κ2) is 8.24. The minimum atomic E-state index is 0.603. The maximum absolute atomic E-state index is 5.64. The monoisotopic (exact) mass is 333 g/mol. The number of ether oxygens (including phenoxy) is 3. The molecule has 132 valence electrons. The van der Waals surface area contributed by atoms with Crippen LogP contribution in [0.4, 0.5) is 0 Å². The predicted molar refractivity (Wildman–Crippen MR) is 94.1 cm³/mol. The Hall–Kier alpha value is -1.95. The summed E-state index contributed by atoms with van der Waals surface area (Å²) in [5.41, 5.74) is 1.23. The second-order valence-corrected chi connectivity index (χ2v) is 6.31. The van der Waals surface area contributed by atoms with E-state index >= 15 is 0 Å². The molecule has 1 saturated heterocycles. The van der Waals surface area contributed by atoms with E-state index in [1.807, 2.05) is 13.1 Å². The number of hydrogen-bond donors (Lipinski definition) is 1. The third kappa shape index (κ3) is 4.32. The Balaban J connectivity index is 1.47. The molecule has 0 aliphatic carbocycles. The molecule has 0 spiro atoms. The smallest absolute Gasteiger partial charge is 0.193 e. The van der Waals surface area contributed by atoms with Crippen molar-refractivity contribution in [2.45, 2.75) is 12.8 Å². The Morgan fingerprint density at radius 3 is 2.83 bits per heavy atom. The van der Waals surface area contributed by atoms with Gasteiger partial charge in [-0.2, -0.15) is 0 Å². The lowest BCUT2D eigenvalue weighted by molar-refractivity contribution is 0.171. The summed E-state index contributed by atoms with van der Waals surface area (Å²) in [4.78, 5) is 6.56. The zero-order valence-electron chi connectivity index (χ0n) is 14.6. The Morgan fingerprint density at radius 1 is 1.25 bits per heavy atom. The van der Waals surface area contributed by atoms with Crippen LogP contribution in [0, 0.1) is 5.92 Å². The van der Waals surface area contributed by atoms with Crippen molar-refractivity contribution >= 4 is 5.96 Å². The van der Waals surface area contributed by atoms with E-state index in [9.17, 15) is 0 Å². The molecule has 0 radical (unpaired) electrons. The van der Waals surface area contributed by atoms with Crippen molar-refractivity contribution in [2.24, 2.45) is 10.9 Å². The predicted octanol–water partition coefficient (Wildman–Crippen LogP) is 1.54. The standard InChI is InChI=1S/C18H27N3O3/c1-19-18(21(2)12-15-6-8-22-13-15)20-7-5-14-3-4-16-17(11-14)24-10-9-23-16/h3-4,11,15H,5-10,12-13H2,1-2H3,(H,19,20). The molecule has 1 aromatic carbocycles. The van der Waals surface area contributed by atoms with E-state index in [0.29, 0.717) is 19.1 Å². The van der Waals surface area contributed by atoms with Crippen molar-refractivity contribution < 1.29 is 14.2 Å². The van der Waals surface area contributed by atoms with Crippen LogP contribution in [0.15, 0.2) is 23.2 Å². The quantitative estimate of drug-likeness (QED) is 0.654. The lowest BCUT2D eigenvalue weighted by Gasteiger charge is -2.24. The highest BCUT2D eigenvalue weighted by molar-refractivity contribution is 5.79. The van der Waals surface area contributed by atoms with Crippen molar-refractivity contribution in [3.63, 3.8) is 0 Å². The molecule has 0 aromatic heterocycles. The summed E-state index contributed by atoms with van der Waals surface area (Å²) in [5.74, 6) is 3.22. The van der Waals surface area contributed by atoms with E-state index in [4.69, 9.17) is 14.2 Å². The molecule has 0 amide bonds. The number of nitrogens with zero attached hydrogens (tertiary/aromatic N) is 2. The largest absolute Gasteiger partial charge is 0.486 e. The van der Waals surface area contributed by atoms with Crippen LogP contribution in [-0.2, 0) is 11.2 Å². The van der Waals surface area contributed by atoms with Gasteiger partial charge in [0, 0.05) is 39.7 Å². The molecule has 1 atom stereocenters. The van der Waals surface area contributed by atoms with Crippen LogP contribution in [-0.4, -0.2) is 64.5 Å². The lowest BCUT2D eigenvalue weighted by Crippen LogP contribution is -2.42.